The molecule has 0 amide bonds. The Balaban J connectivity index is 1.31. The average molecular weight is 386 g/mol. The highest BCUT2D eigenvalue weighted by molar-refractivity contribution is 6.30. The molecule has 1 unspecified atom stereocenters. The third-order valence-corrected chi connectivity index (χ3v) is 5.94. The third kappa shape index (κ3) is 4.78. The van der Waals surface area contributed by atoms with Crippen molar-refractivity contribution in [3.05, 3.63) is 41.4 Å². The van der Waals surface area contributed by atoms with Crippen molar-refractivity contribution in [2.24, 2.45) is 5.92 Å². The number of anilines is 1. The highest BCUT2D eigenvalue weighted by Crippen LogP contribution is 2.23. The van der Waals surface area contributed by atoms with Crippen LogP contribution in [0.2, 0.25) is 5.02 Å². The lowest BCUT2D eigenvalue weighted by molar-refractivity contribution is 0.147. The van der Waals surface area contributed by atoms with E-state index >= 15 is 0 Å². The summed E-state index contributed by atoms with van der Waals surface area (Å²) in [5.74, 6) is 1.80. The predicted octanol–water partition coefficient (Wildman–Crippen LogP) is 3.26. The van der Waals surface area contributed by atoms with Gasteiger partial charge in [0.15, 0.2) is 5.82 Å². The molecule has 5 nitrogen and oxygen atoms in total. The Labute approximate surface area is 166 Å². The zero-order valence-electron chi connectivity index (χ0n) is 16.0. The number of likely N-dealkylation sites (tertiary alicyclic amines) is 1. The van der Waals surface area contributed by atoms with Crippen LogP contribution in [0.15, 0.2) is 36.4 Å². The zero-order chi connectivity index (χ0) is 18.6. The Morgan fingerprint density at radius 3 is 2.59 bits per heavy atom. The van der Waals surface area contributed by atoms with Gasteiger partial charge in [-0.05, 0) is 56.6 Å². The van der Waals surface area contributed by atoms with Crippen molar-refractivity contribution < 1.29 is 0 Å². The fourth-order valence-electron chi connectivity index (χ4n) is 4.24. The number of aromatic nitrogens is 2. The second kappa shape index (κ2) is 8.55. The zero-order valence-corrected chi connectivity index (χ0v) is 16.8. The van der Waals surface area contributed by atoms with Gasteiger partial charge in [0.2, 0.25) is 0 Å². The van der Waals surface area contributed by atoms with Crippen LogP contribution in [-0.2, 0) is 0 Å². The molecule has 0 radical (unpaired) electrons. The van der Waals surface area contributed by atoms with Gasteiger partial charge < -0.3 is 9.80 Å². The molecule has 6 heteroatoms. The molecular formula is C21H28ClN5. The van der Waals surface area contributed by atoms with Gasteiger partial charge >= 0.3 is 0 Å². The van der Waals surface area contributed by atoms with Crippen molar-refractivity contribution in [2.45, 2.75) is 12.8 Å². The molecule has 0 saturated carbocycles. The van der Waals surface area contributed by atoms with Gasteiger partial charge in [0.1, 0.15) is 0 Å². The summed E-state index contributed by atoms with van der Waals surface area (Å²) in [6, 6.07) is 11.9. The maximum atomic E-state index is 6.08. The van der Waals surface area contributed by atoms with Crippen LogP contribution in [0.4, 0.5) is 5.82 Å². The first-order chi connectivity index (χ1) is 13.2. The van der Waals surface area contributed by atoms with Crippen molar-refractivity contribution in [3.8, 4) is 11.3 Å². The van der Waals surface area contributed by atoms with Gasteiger partial charge in [0, 0.05) is 49.9 Å². The predicted molar refractivity (Wildman–Crippen MR) is 111 cm³/mol. The normalized spacial score (nSPS) is 22.1. The van der Waals surface area contributed by atoms with E-state index in [1.54, 1.807) is 0 Å². The Hall–Kier alpha value is -1.69. The molecule has 0 aliphatic carbocycles. The Kier molecular flexibility index (Phi) is 5.91. The van der Waals surface area contributed by atoms with Crippen LogP contribution in [0.25, 0.3) is 11.3 Å². The second-order valence-corrected chi connectivity index (χ2v) is 8.28. The minimum absolute atomic E-state index is 0.721. The van der Waals surface area contributed by atoms with Crippen molar-refractivity contribution in [3.63, 3.8) is 0 Å². The number of rotatable bonds is 4. The fourth-order valence-corrected chi connectivity index (χ4v) is 4.43. The maximum absolute atomic E-state index is 6.08. The summed E-state index contributed by atoms with van der Waals surface area (Å²) in [4.78, 5) is 7.44. The molecule has 2 aliphatic heterocycles. The van der Waals surface area contributed by atoms with Gasteiger partial charge in [-0.3, -0.25) is 4.90 Å². The van der Waals surface area contributed by atoms with Crippen LogP contribution >= 0.6 is 11.6 Å². The molecular weight excluding hydrogens is 358 g/mol. The molecule has 1 aromatic heterocycles. The first-order valence-electron chi connectivity index (χ1n) is 9.93. The molecule has 1 aromatic carbocycles. The number of hydrogen-bond acceptors (Lipinski definition) is 5. The quantitative estimate of drug-likeness (QED) is 0.807. The Bertz CT molecular complexity index is 742. The monoisotopic (exact) mass is 385 g/mol. The Morgan fingerprint density at radius 2 is 1.89 bits per heavy atom. The van der Waals surface area contributed by atoms with Crippen molar-refractivity contribution in [1.82, 2.24) is 20.0 Å². The van der Waals surface area contributed by atoms with Gasteiger partial charge in [0.05, 0.1) is 5.69 Å². The lowest BCUT2D eigenvalue weighted by Gasteiger charge is -2.38. The fraction of sp³-hybridized carbons (Fsp3) is 0.524. The van der Waals surface area contributed by atoms with E-state index < -0.39 is 0 Å². The first kappa shape index (κ1) is 18.7. The van der Waals surface area contributed by atoms with Gasteiger partial charge in [0.25, 0.3) is 0 Å². The van der Waals surface area contributed by atoms with E-state index in [4.69, 9.17) is 11.6 Å². The van der Waals surface area contributed by atoms with E-state index in [0.717, 1.165) is 54.2 Å². The lowest BCUT2D eigenvalue weighted by atomic mass is 9.97. The minimum atomic E-state index is 0.721. The van der Waals surface area contributed by atoms with Gasteiger partial charge in [-0.25, -0.2) is 0 Å². The summed E-state index contributed by atoms with van der Waals surface area (Å²) in [6.45, 7) is 8.00. The number of halogens is 1. The van der Waals surface area contributed by atoms with E-state index in [-0.39, 0.29) is 0 Å². The molecule has 27 heavy (non-hydrogen) atoms. The smallest absolute Gasteiger partial charge is 0.151 e. The largest absolute Gasteiger partial charge is 0.353 e. The summed E-state index contributed by atoms with van der Waals surface area (Å²) in [7, 11) is 2.25. The van der Waals surface area contributed by atoms with Crippen LogP contribution in [0.3, 0.4) is 0 Å². The molecule has 4 rings (SSSR count). The molecule has 2 saturated heterocycles. The standard InChI is InChI=1S/C21H28ClN5/c1-25-9-3-4-17(15-25)16-26-10-12-27(13-11-26)21-8-7-20(23-24-21)18-5-2-6-19(22)14-18/h2,5-8,14,17H,3-4,9-13,15-16H2,1H3. The van der Waals surface area contributed by atoms with Gasteiger partial charge in [-0.15, -0.1) is 10.2 Å². The first-order valence-corrected chi connectivity index (χ1v) is 10.3. The van der Waals surface area contributed by atoms with Crippen molar-refractivity contribution >= 4 is 17.4 Å². The highest BCUT2D eigenvalue weighted by Gasteiger charge is 2.23. The lowest BCUT2D eigenvalue weighted by Crippen LogP contribution is -2.49. The molecule has 1 atom stereocenters. The van der Waals surface area contributed by atoms with Crippen LogP contribution in [-0.4, -0.2) is 72.9 Å². The van der Waals surface area contributed by atoms with E-state index in [2.05, 4.69) is 38.0 Å². The maximum Gasteiger partial charge on any atom is 0.151 e. The molecule has 0 bridgehead atoms. The molecule has 0 N–H and O–H groups in total. The number of piperazine rings is 1. The SMILES string of the molecule is CN1CCCC(CN2CCN(c3ccc(-c4cccc(Cl)c4)nn3)CC2)C1. The topological polar surface area (TPSA) is 35.5 Å². The summed E-state index contributed by atoms with van der Waals surface area (Å²) >= 11 is 6.08. The van der Waals surface area contributed by atoms with Crippen LogP contribution in [0.5, 0.6) is 0 Å². The van der Waals surface area contributed by atoms with Crippen molar-refractivity contribution in [1.29, 1.82) is 0 Å². The van der Waals surface area contributed by atoms with E-state index in [9.17, 15) is 0 Å². The molecule has 2 fully saturated rings. The van der Waals surface area contributed by atoms with Gasteiger partial charge in [-0.2, -0.15) is 0 Å². The number of benzene rings is 1. The van der Waals surface area contributed by atoms with Crippen molar-refractivity contribution in [2.75, 3.05) is 57.8 Å². The second-order valence-electron chi connectivity index (χ2n) is 7.85. The summed E-state index contributed by atoms with van der Waals surface area (Å²) in [5, 5.41) is 9.60. The number of hydrogen-bond donors (Lipinski definition) is 0. The average Bonchev–Trinajstić information content (AvgIpc) is 2.69. The molecule has 144 valence electrons. The summed E-state index contributed by atoms with van der Waals surface area (Å²) < 4.78 is 0. The van der Waals surface area contributed by atoms with E-state index in [0.29, 0.717) is 0 Å². The molecule has 0 spiro atoms. The minimum Gasteiger partial charge on any atom is -0.353 e. The van der Waals surface area contributed by atoms with E-state index in [1.165, 1.54) is 32.5 Å². The number of nitrogens with zero attached hydrogens (tertiary/aromatic N) is 5. The van der Waals surface area contributed by atoms with E-state index in [1.807, 2.05) is 30.3 Å². The van der Waals surface area contributed by atoms with Crippen LogP contribution < -0.4 is 4.90 Å². The van der Waals surface area contributed by atoms with Gasteiger partial charge in [-0.1, -0.05) is 23.7 Å². The molecule has 2 aromatic rings. The highest BCUT2D eigenvalue weighted by atomic mass is 35.5. The molecule has 2 aliphatic rings. The van der Waals surface area contributed by atoms with Crippen LogP contribution in [0, 0.1) is 5.92 Å². The number of piperidine rings is 1. The van der Waals surface area contributed by atoms with Crippen LogP contribution in [0.1, 0.15) is 12.8 Å². The molecule has 3 heterocycles. The Morgan fingerprint density at radius 1 is 1.04 bits per heavy atom. The summed E-state index contributed by atoms with van der Waals surface area (Å²) in [5.41, 5.74) is 1.87. The summed E-state index contributed by atoms with van der Waals surface area (Å²) in [6.07, 6.45) is 2.72. The third-order valence-electron chi connectivity index (χ3n) is 5.71.